The molecule has 1 aliphatic rings. The summed E-state index contributed by atoms with van der Waals surface area (Å²) in [6.07, 6.45) is 4.02. The largest absolute Gasteiger partial charge is 0.331 e. The molecule has 2 rings (SSSR count). The lowest BCUT2D eigenvalue weighted by atomic mass is 9.83. The maximum Gasteiger partial charge on any atom is 0.331 e. The summed E-state index contributed by atoms with van der Waals surface area (Å²) in [4.78, 5) is 15.4. The van der Waals surface area contributed by atoms with Crippen LogP contribution in [0.25, 0.3) is 0 Å². The first-order valence-corrected chi connectivity index (χ1v) is 6.45. The van der Waals surface area contributed by atoms with Crippen molar-refractivity contribution in [1.82, 2.24) is 0 Å². The van der Waals surface area contributed by atoms with E-state index in [0.29, 0.717) is 5.92 Å². The Morgan fingerprint density at radius 1 is 1.22 bits per heavy atom. The Bertz CT molecular complexity index is 438. The Morgan fingerprint density at radius 2 is 1.83 bits per heavy atom. The Balaban J connectivity index is 1.92. The summed E-state index contributed by atoms with van der Waals surface area (Å²) < 4.78 is 0. The Hall–Kier alpha value is -1.64. The highest BCUT2D eigenvalue weighted by atomic mass is 16.7. The highest BCUT2D eigenvalue weighted by Gasteiger charge is 2.19. The first kappa shape index (κ1) is 12.8. The van der Waals surface area contributed by atoms with E-state index in [2.05, 4.69) is 41.2 Å². The monoisotopic (exact) mass is 245 g/mol. The van der Waals surface area contributed by atoms with Gasteiger partial charge in [-0.1, -0.05) is 35.0 Å². The van der Waals surface area contributed by atoms with E-state index in [1.165, 1.54) is 18.1 Å². The second-order valence-electron chi connectivity index (χ2n) is 4.93. The molecule has 0 aliphatic heterocycles. The third-order valence-corrected chi connectivity index (χ3v) is 3.41. The lowest BCUT2D eigenvalue weighted by molar-refractivity contribution is -0.141. The van der Waals surface area contributed by atoms with Crippen LogP contribution in [0.5, 0.6) is 0 Å². The summed E-state index contributed by atoms with van der Waals surface area (Å²) in [5.41, 5.74) is 3.72. The predicted molar refractivity (Wildman–Crippen MR) is 71.6 cm³/mol. The molecule has 1 aromatic rings. The number of hydrogen-bond donors (Lipinski definition) is 0. The zero-order valence-electron chi connectivity index (χ0n) is 11.0. The van der Waals surface area contributed by atoms with E-state index in [1.54, 1.807) is 0 Å². The van der Waals surface area contributed by atoms with Crippen molar-refractivity contribution in [3.8, 4) is 0 Å². The second-order valence-corrected chi connectivity index (χ2v) is 4.93. The molecule has 3 heteroatoms. The van der Waals surface area contributed by atoms with Gasteiger partial charge >= 0.3 is 5.97 Å². The van der Waals surface area contributed by atoms with Gasteiger partial charge in [0.2, 0.25) is 0 Å². The topological polar surface area (TPSA) is 38.7 Å². The minimum absolute atomic E-state index is 0.344. The fourth-order valence-electron chi connectivity index (χ4n) is 2.34. The smallest absolute Gasteiger partial charge is 0.319 e. The van der Waals surface area contributed by atoms with Crippen molar-refractivity contribution in [3.05, 3.63) is 35.4 Å². The molecule has 0 N–H and O–H groups in total. The third-order valence-electron chi connectivity index (χ3n) is 3.41. The summed E-state index contributed by atoms with van der Waals surface area (Å²) in [6, 6.07) is 8.76. The van der Waals surface area contributed by atoms with E-state index >= 15 is 0 Å². The highest BCUT2D eigenvalue weighted by molar-refractivity contribution is 5.85. The molecular formula is C15H19NO2. The molecule has 96 valence electrons. The van der Waals surface area contributed by atoms with Gasteiger partial charge in [-0.2, -0.15) is 0 Å². The molecule has 0 unspecified atom stereocenters. The van der Waals surface area contributed by atoms with Crippen molar-refractivity contribution in [2.45, 2.75) is 45.4 Å². The maximum atomic E-state index is 10.7. The minimum Gasteiger partial charge on any atom is -0.319 e. The van der Waals surface area contributed by atoms with E-state index < -0.39 is 0 Å². The Morgan fingerprint density at radius 3 is 2.39 bits per heavy atom. The van der Waals surface area contributed by atoms with Crippen LogP contribution in [0, 0.1) is 6.92 Å². The number of rotatable bonds is 2. The van der Waals surface area contributed by atoms with Crippen molar-refractivity contribution in [3.63, 3.8) is 0 Å². The fraction of sp³-hybridized carbons (Fsp3) is 0.467. The standard InChI is InChI=1S/C15H19NO2/c1-11-3-5-13(6-4-11)14-7-9-15(10-8-14)16-18-12(2)17/h3-6,14H,7-10H2,1-2H3. The Labute approximate surface area is 108 Å². The molecule has 1 fully saturated rings. The summed E-state index contributed by atoms with van der Waals surface area (Å²) in [7, 11) is 0. The highest BCUT2D eigenvalue weighted by Crippen LogP contribution is 2.31. The van der Waals surface area contributed by atoms with Crippen LogP contribution >= 0.6 is 0 Å². The van der Waals surface area contributed by atoms with Gasteiger partial charge in [0.05, 0.1) is 5.71 Å². The van der Waals surface area contributed by atoms with Gasteiger partial charge in [-0.15, -0.1) is 0 Å². The zero-order valence-corrected chi connectivity index (χ0v) is 11.0. The number of oxime groups is 1. The minimum atomic E-state index is -0.344. The molecule has 0 spiro atoms. The van der Waals surface area contributed by atoms with Crippen LogP contribution in [0.1, 0.15) is 49.7 Å². The van der Waals surface area contributed by atoms with Crippen LogP contribution in [-0.4, -0.2) is 11.7 Å². The van der Waals surface area contributed by atoms with E-state index in [4.69, 9.17) is 0 Å². The maximum absolute atomic E-state index is 10.7. The molecule has 1 aromatic carbocycles. The lowest BCUT2D eigenvalue weighted by Crippen LogP contribution is -2.13. The number of hydrogen-bond acceptors (Lipinski definition) is 3. The number of aryl methyl sites for hydroxylation is 1. The number of nitrogens with zero attached hydrogens (tertiary/aromatic N) is 1. The molecule has 1 saturated carbocycles. The van der Waals surface area contributed by atoms with Crippen LogP contribution in [0.3, 0.4) is 0 Å². The van der Waals surface area contributed by atoms with Gasteiger partial charge < -0.3 is 4.84 Å². The summed E-state index contributed by atoms with van der Waals surface area (Å²) in [6.45, 7) is 3.48. The first-order valence-electron chi connectivity index (χ1n) is 6.45. The van der Waals surface area contributed by atoms with Crippen LogP contribution in [0.2, 0.25) is 0 Å². The molecule has 3 nitrogen and oxygen atoms in total. The lowest BCUT2D eigenvalue weighted by Gasteiger charge is -2.23. The molecule has 0 amide bonds. The normalized spacial score (nSPS) is 19.4. The van der Waals surface area contributed by atoms with Crippen molar-refractivity contribution >= 4 is 11.7 Å². The van der Waals surface area contributed by atoms with Gasteiger partial charge in [-0.25, -0.2) is 4.79 Å². The molecule has 0 atom stereocenters. The van der Waals surface area contributed by atoms with Crippen LogP contribution < -0.4 is 0 Å². The van der Waals surface area contributed by atoms with Gasteiger partial charge in [0.1, 0.15) is 0 Å². The number of benzene rings is 1. The first-order chi connectivity index (χ1) is 8.65. The van der Waals surface area contributed by atoms with Gasteiger partial charge in [-0.3, -0.25) is 0 Å². The van der Waals surface area contributed by atoms with Gasteiger partial charge in [0.15, 0.2) is 0 Å². The van der Waals surface area contributed by atoms with E-state index in [-0.39, 0.29) is 5.97 Å². The van der Waals surface area contributed by atoms with Gasteiger partial charge in [-0.05, 0) is 44.1 Å². The molecule has 1 aliphatic carbocycles. The summed E-state index contributed by atoms with van der Waals surface area (Å²) in [5.74, 6) is 0.269. The van der Waals surface area contributed by atoms with E-state index in [0.717, 1.165) is 31.4 Å². The Kier molecular flexibility index (Phi) is 4.13. The molecule has 0 aromatic heterocycles. The van der Waals surface area contributed by atoms with Crippen molar-refractivity contribution < 1.29 is 9.63 Å². The van der Waals surface area contributed by atoms with E-state index in [1.807, 2.05) is 0 Å². The van der Waals surface area contributed by atoms with E-state index in [9.17, 15) is 4.79 Å². The molecular weight excluding hydrogens is 226 g/mol. The van der Waals surface area contributed by atoms with Gasteiger partial charge in [0, 0.05) is 6.92 Å². The van der Waals surface area contributed by atoms with Crippen LogP contribution in [0.4, 0.5) is 0 Å². The summed E-state index contributed by atoms with van der Waals surface area (Å²) in [5, 5.41) is 3.89. The van der Waals surface area contributed by atoms with Crippen LogP contribution in [-0.2, 0) is 9.63 Å². The third kappa shape index (κ3) is 3.42. The van der Waals surface area contributed by atoms with Crippen LogP contribution in [0.15, 0.2) is 29.4 Å². The molecule has 0 bridgehead atoms. The average molecular weight is 245 g/mol. The predicted octanol–water partition coefficient (Wildman–Crippen LogP) is 3.57. The van der Waals surface area contributed by atoms with Crippen molar-refractivity contribution in [1.29, 1.82) is 0 Å². The average Bonchev–Trinajstić information content (AvgIpc) is 2.38. The quantitative estimate of drug-likeness (QED) is 0.590. The van der Waals surface area contributed by atoms with Crippen molar-refractivity contribution in [2.24, 2.45) is 5.16 Å². The van der Waals surface area contributed by atoms with Crippen molar-refractivity contribution in [2.75, 3.05) is 0 Å². The number of carbonyl (C=O) groups is 1. The molecule has 0 radical (unpaired) electrons. The SMILES string of the molecule is CC(=O)ON=C1CCC(c2ccc(C)cc2)CC1. The zero-order chi connectivity index (χ0) is 13.0. The molecule has 18 heavy (non-hydrogen) atoms. The number of carbonyl (C=O) groups excluding carboxylic acids is 1. The second kappa shape index (κ2) is 5.80. The summed E-state index contributed by atoms with van der Waals surface area (Å²) >= 11 is 0. The molecule has 0 saturated heterocycles. The van der Waals surface area contributed by atoms with Gasteiger partial charge in [0.25, 0.3) is 0 Å². The fourth-order valence-corrected chi connectivity index (χ4v) is 2.34. The molecule has 0 heterocycles.